The molecule has 1 aromatic rings. The van der Waals surface area contributed by atoms with E-state index in [1.54, 1.807) is 18.2 Å². The molecule has 1 aromatic carbocycles. The van der Waals surface area contributed by atoms with Crippen LogP contribution in [0.2, 0.25) is 0 Å². The Morgan fingerprint density at radius 1 is 1.18 bits per heavy atom. The van der Waals surface area contributed by atoms with Crippen molar-refractivity contribution in [2.45, 2.75) is 46.5 Å². The van der Waals surface area contributed by atoms with Gasteiger partial charge in [-0.25, -0.2) is 4.79 Å². The Bertz CT molecular complexity index is 500. The summed E-state index contributed by atoms with van der Waals surface area (Å²) in [6.07, 6.45) is 7.63. The van der Waals surface area contributed by atoms with Gasteiger partial charge in [0.1, 0.15) is 0 Å². The molecule has 120 valence electrons. The number of ether oxygens (including phenoxy) is 1. The van der Waals surface area contributed by atoms with Gasteiger partial charge in [-0.3, -0.25) is 4.79 Å². The van der Waals surface area contributed by atoms with E-state index in [4.69, 9.17) is 4.74 Å². The number of hydrogen-bond acceptors (Lipinski definition) is 3. The van der Waals surface area contributed by atoms with E-state index in [1.165, 1.54) is 25.8 Å². The number of ketones is 1. The average Bonchev–Trinajstić information content (AvgIpc) is 2.53. The van der Waals surface area contributed by atoms with Crippen molar-refractivity contribution in [2.75, 3.05) is 6.61 Å². The number of esters is 1. The van der Waals surface area contributed by atoms with Crippen LogP contribution in [0.25, 0.3) is 6.08 Å². The minimum Gasteiger partial charge on any atom is -0.462 e. The van der Waals surface area contributed by atoms with Crippen LogP contribution in [0.3, 0.4) is 0 Å². The first-order valence-corrected chi connectivity index (χ1v) is 8.02. The van der Waals surface area contributed by atoms with Crippen LogP contribution in [-0.4, -0.2) is 18.4 Å². The second kappa shape index (κ2) is 9.93. The van der Waals surface area contributed by atoms with Crippen molar-refractivity contribution in [1.82, 2.24) is 0 Å². The van der Waals surface area contributed by atoms with Gasteiger partial charge in [0.2, 0.25) is 0 Å². The molecule has 0 bridgehead atoms. The summed E-state index contributed by atoms with van der Waals surface area (Å²) < 4.78 is 5.30. The first-order valence-electron chi connectivity index (χ1n) is 8.02. The summed E-state index contributed by atoms with van der Waals surface area (Å²) >= 11 is 0. The Balaban J connectivity index is 2.44. The van der Waals surface area contributed by atoms with Crippen LogP contribution in [0.1, 0.15) is 62.4 Å². The summed E-state index contributed by atoms with van der Waals surface area (Å²) in [5.74, 6) is 0.172. The Kier molecular flexibility index (Phi) is 8.19. The van der Waals surface area contributed by atoms with Crippen LogP contribution in [0.5, 0.6) is 0 Å². The molecule has 0 N–H and O–H groups in total. The highest BCUT2D eigenvalue weighted by atomic mass is 16.5. The standard InChI is InChI=1S/C19H26O3/c1-4-6-7-16(5-2)14-22-19(21)13-10-17-8-11-18(12-9-17)15(3)20/h8-13,16H,4-7,14H2,1-3H3. The summed E-state index contributed by atoms with van der Waals surface area (Å²) in [4.78, 5) is 22.9. The van der Waals surface area contributed by atoms with Crippen LogP contribution in [0.15, 0.2) is 30.3 Å². The number of Topliss-reactive ketones (excluding diaryl/α,β-unsaturated/α-hetero) is 1. The molecule has 0 saturated heterocycles. The minimum atomic E-state index is -0.314. The van der Waals surface area contributed by atoms with Crippen LogP contribution in [0.4, 0.5) is 0 Å². The van der Waals surface area contributed by atoms with Crippen molar-refractivity contribution >= 4 is 17.8 Å². The predicted octanol–water partition coefficient (Wildman–Crippen LogP) is 4.66. The number of hydrogen-bond donors (Lipinski definition) is 0. The van der Waals surface area contributed by atoms with Crippen molar-refractivity contribution in [3.05, 3.63) is 41.5 Å². The highest BCUT2D eigenvalue weighted by Crippen LogP contribution is 2.13. The van der Waals surface area contributed by atoms with E-state index < -0.39 is 0 Å². The van der Waals surface area contributed by atoms with Crippen molar-refractivity contribution in [3.63, 3.8) is 0 Å². The fraction of sp³-hybridized carbons (Fsp3) is 0.474. The van der Waals surface area contributed by atoms with Crippen molar-refractivity contribution in [2.24, 2.45) is 5.92 Å². The fourth-order valence-corrected chi connectivity index (χ4v) is 2.14. The van der Waals surface area contributed by atoms with Crippen LogP contribution >= 0.6 is 0 Å². The molecule has 0 aliphatic heterocycles. The number of benzene rings is 1. The summed E-state index contributed by atoms with van der Waals surface area (Å²) in [6, 6.07) is 7.14. The quantitative estimate of drug-likeness (QED) is 0.378. The predicted molar refractivity (Wildman–Crippen MR) is 89.7 cm³/mol. The third-order valence-electron chi connectivity index (χ3n) is 3.73. The first kappa shape index (κ1) is 18.1. The van der Waals surface area contributed by atoms with E-state index in [1.807, 2.05) is 12.1 Å². The Hall–Kier alpha value is -1.90. The average molecular weight is 302 g/mol. The van der Waals surface area contributed by atoms with Gasteiger partial charge >= 0.3 is 5.97 Å². The van der Waals surface area contributed by atoms with Crippen LogP contribution in [-0.2, 0) is 9.53 Å². The molecule has 1 atom stereocenters. The van der Waals surface area contributed by atoms with Gasteiger partial charge in [0.15, 0.2) is 5.78 Å². The van der Waals surface area contributed by atoms with Gasteiger partial charge in [0, 0.05) is 11.6 Å². The molecule has 0 spiro atoms. The molecule has 0 aromatic heterocycles. The minimum absolute atomic E-state index is 0.0348. The summed E-state index contributed by atoms with van der Waals surface area (Å²) in [7, 11) is 0. The third kappa shape index (κ3) is 6.70. The van der Waals surface area contributed by atoms with Crippen LogP contribution in [0, 0.1) is 5.92 Å². The van der Waals surface area contributed by atoms with E-state index in [2.05, 4.69) is 13.8 Å². The molecule has 3 nitrogen and oxygen atoms in total. The fourth-order valence-electron chi connectivity index (χ4n) is 2.14. The van der Waals surface area contributed by atoms with Crippen molar-refractivity contribution < 1.29 is 14.3 Å². The molecule has 1 unspecified atom stereocenters. The van der Waals surface area contributed by atoms with Crippen LogP contribution < -0.4 is 0 Å². The SMILES string of the molecule is CCCCC(CC)COC(=O)C=Cc1ccc(C(C)=O)cc1. The second-order valence-corrected chi connectivity index (χ2v) is 5.56. The zero-order valence-corrected chi connectivity index (χ0v) is 13.8. The maximum atomic E-state index is 11.7. The molecule has 3 heteroatoms. The van der Waals surface area contributed by atoms with Gasteiger partial charge in [-0.2, -0.15) is 0 Å². The lowest BCUT2D eigenvalue weighted by Crippen LogP contribution is -2.12. The Morgan fingerprint density at radius 3 is 2.41 bits per heavy atom. The van der Waals surface area contributed by atoms with Crippen molar-refractivity contribution in [1.29, 1.82) is 0 Å². The number of unbranched alkanes of at least 4 members (excludes halogenated alkanes) is 1. The molecule has 0 heterocycles. The zero-order valence-electron chi connectivity index (χ0n) is 13.8. The largest absolute Gasteiger partial charge is 0.462 e. The van der Waals surface area contributed by atoms with Crippen molar-refractivity contribution in [3.8, 4) is 0 Å². The molecule has 0 saturated carbocycles. The monoisotopic (exact) mass is 302 g/mol. The molecular weight excluding hydrogens is 276 g/mol. The highest BCUT2D eigenvalue weighted by molar-refractivity contribution is 5.94. The number of rotatable bonds is 9. The van der Waals surface area contributed by atoms with E-state index >= 15 is 0 Å². The zero-order chi connectivity index (χ0) is 16.4. The molecule has 22 heavy (non-hydrogen) atoms. The topological polar surface area (TPSA) is 43.4 Å². The normalized spacial score (nSPS) is 12.3. The summed E-state index contributed by atoms with van der Waals surface area (Å²) in [6.45, 7) is 6.31. The molecule has 0 amide bonds. The van der Waals surface area contributed by atoms with E-state index in [9.17, 15) is 9.59 Å². The van der Waals surface area contributed by atoms with E-state index in [0.717, 1.165) is 18.4 Å². The molecule has 1 rings (SSSR count). The maximum absolute atomic E-state index is 11.7. The van der Waals surface area contributed by atoms with Gasteiger partial charge in [-0.15, -0.1) is 0 Å². The Labute approximate surface area is 133 Å². The maximum Gasteiger partial charge on any atom is 0.330 e. The van der Waals surface area contributed by atoms with Gasteiger partial charge in [0.05, 0.1) is 6.61 Å². The number of carbonyl (C=O) groups excluding carboxylic acids is 2. The van der Waals surface area contributed by atoms with E-state index in [0.29, 0.717) is 18.1 Å². The highest BCUT2D eigenvalue weighted by Gasteiger charge is 2.08. The Morgan fingerprint density at radius 2 is 1.86 bits per heavy atom. The molecule has 0 fully saturated rings. The van der Waals surface area contributed by atoms with Gasteiger partial charge < -0.3 is 4.74 Å². The van der Waals surface area contributed by atoms with Gasteiger partial charge in [0.25, 0.3) is 0 Å². The number of carbonyl (C=O) groups is 2. The molecule has 0 aliphatic carbocycles. The molecule has 0 radical (unpaired) electrons. The second-order valence-electron chi connectivity index (χ2n) is 5.56. The van der Waals surface area contributed by atoms with Gasteiger partial charge in [-0.1, -0.05) is 57.4 Å². The summed E-state index contributed by atoms with van der Waals surface area (Å²) in [5, 5.41) is 0. The molecular formula is C19H26O3. The molecule has 0 aliphatic rings. The lowest BCUT2D eigenvalue weighted by atomic mass is 10.0. The van der Waals surface area contributed by atoms with E-state index in [-0.39, 0.29) is 11.8 Å². The summed E-state index contributed by atoms with van der Waals surface area (Å²) in [5.41, 5.74) is 1.54. The third-order valence-corrected chi connectivity index (χ3v) is 3.73. The van der Waals surface area contributed by atoms with Gasteiger partial charge in [-0.05, 0) is 30.9 Å². The lowest BCUT2D eigenvalue weighted by Gasteiger charge is -2.13. The lowest BCUT2D eigenvalue weighted by molar-refractivity contribution is -0.139. The smallest absolute Gasteiger partial charge is 0.330 e. The first-order chi connectivity index (χ1) is 10.6.